The van der Waals surface area contributed by atoms with E-state index >= 15 is 0 Å². The van der Waals surface area contributed by atoms with Gasteiger partial charge >= 0.3 is 0 Å². The average molecular weight is 326 g/mol. The molecule has 0 aliphatic heterocycles. The number of aromatic amines is 1. The van der Waals surface area contributed by atoms with Crippen LogP contribution in [-0.4, -0.2) is 27.6 Å². The van der Waals surface area contributed by atoms with Gasteiger partial charge in [0.05, 0.1) is 10.6 Å². The fourth-order valence-corrected chi connectivity index (χ4v) is 2.98. The largest absolute Gasteiger partial charge is 0.351 e. The summed E-state index contributed by atoms with van der Waals surface area (Å²) in [6.07, 6.45) is 6.59. The van der Waals surface area contributed by atoms with Crippen LogP contribution in [0.1, 0.15) is 28.9 Å². The van der Waals surface area contributed by atoms with Crippen molar-refractivity contribution in [2.75, 3.05) is 6.54 Å². The first kappa shape index (κ1) is 15.4. The number of unbranched alkanes of at least 4 members (excludes halogenated alkanes) is 1. The minimum atomic E-state index is -0.132. The molecule has 23 heavy (non-hydrogen) atoms. The van der Waals surface area contributed by atoms with Crippen molar-refractivity contribution in [1.29, 1.82) is 0 Å². The number of amides is 1. The van der Waals surface area contributed by atoms with Crippen LogP contribution in [0.4, 0.5) is 0 Å². The van der Waals surface area contributed by atoms with E-state index in [9.17, 15) is 4.79 Å². The van der Waals surface area contributed by atoms with Gasteiger partial charge < -0.3 is 5.32 Å². The predicted molar refractivity (Wildman–Crippen MR) is 91.4 cm³/mol. The van der Waals surface area contributed by atoms with Gasteiger partial charge in [0.25, 0.3) is 5.91 Å². The number of aromatic nitrogens is 3. The van der Waals surface area contributed by atoms with E-state index in [4.69, 9.17) is 0 Å². The fourth-order valence-electron chi connectivity index (χ4n) is 2.29. The van der Waals surface area contributed by atoms with Gasteiger partial charge in [0, 0.05) is 18.9 Å². The van der Waals surface area contributed by atoms with Gasteiger partial charge in [-0.15, -0.1) is 11.3 Å². The highest BCUT2D eigenvalue weighted by molar-refractivity contribution is 7.13. The summed E-state index contributed by atoms with van der Waals surface area (Å²) < 4.78 is 0. The van der Waals surface area contributed by atoms with Gasteiger partial charge in [0.2, 0.25) is 0 Å². The first-order valence-corrected chi connectivity index (χ1v) is 8.47. The molecule has 5 nitrogen and oxygen atoms in total. The summed E-state index contributed by atoms with van der Waals surface area (Å²) in [7, 11) is 0. The number of nitrogens with zero attached hydrogens (tertiary/aromatic N) is 2. The third-order valence-electron chi connectivity index (χ3n) is 3.52. The van der Waals surface area contributed by atoms with Crippen LogP contribution in [0.2, 0.25) is 0 Å². The Bertz CT molecular complexity index is 737. The van der Waals surface area contributed by atoms with Gasteiger partial charge in [0.15, 0.2) is 5.69 Å². The third kappa shape index (κ3) is 4.26. The molecule has 3 aromatic rings. The van der Waals surface area contributed by atoms with Crippen LogP contribution in [0.3, 0.4) is 0 Å². The Morgan fingerprint density at radius 3 is 2.87 bits per heavy atom. The Balaban J connectivity index is 1.41. The van der Waals surface area contributed by atoms with Crippen molar-refractivity contribution in [2.45, 2.75) is 19.3 Å². The van der Waals surface area contributed by atoms with Crippen molar-refractivity contribution in [1.82, 2.24) is 20.5 Å². The van der Waals surface area contributed by atoms with Crippen molar-refractivity contribution in [3.63, 3.8) is 0 Å². The van der Waals surface area contributed by atoms with E-state index in [0.29, 0.717) is 12.2 Å². The molecule has 6 heteroatoms. The number of thiophene rings is 1. The highest BCUT2D eigenvalue weighted by atomic mass is 32.1. The van der Waals surface area contributed by atoms with E-state index in [1.807, 2.05) is 29.6 Å². The van der Waals surface area contributed by atoms with E-state index in [1.54, 1.807) is 29.8 Å². The molecule has 0 fully saturated rings. The molecule has 3 heterocycles. The first-order chi connectivity index (χ1) is 11.3. The number of carbonyl (C=O) groups is 1. The molecule has 2 N–H and O–H groups in total. The van der Waals surface area contributed by atoms with Gasteiger partial charge in [0.1, 0.15) is 0 Å². The molecule has 1 amide bonds. The van der Waals surface area contributed by atoms with Crippen LogP contribution in [0.25, 0.3) is 10.6 Å². The Hall–Kier alpha value is -2.47. The standard InChI is InChI=1S/C17H18N4OS/c22-17(15-12-14(20-21-15)16-5-3-11-23-16)19-8-2-1-4-13-6-9-18-10-7-13/h3,5-7,9-12H,1-2,4,8H2,(H,19,22)(H,20,21). The van der Waals surface area contributed by atoms with Crippen LogP contribution >= 0.6 is 11.3 Å². The molecule has 0 spiro atoms. The number of hydrogen-bond acceptors (Lipinski definition) is 4. The number of aryl methyl sites for hydroxylation is 1. The zero-order valence-electron chi connectivity index (χ0n) is 12.7. The summed E-state index contributed by atoms with van der Waals surface area (Å²) in [5, 5.41) is 11.9. The summed E-state index contributed by atoms with van der Waals surface area (Å²) in [4.78, 5) is 17.1. The summed E-state index contributed by atoms with van der Waals surface area (Å²) >= 11 is 1.62. The molecule has 0 aliphatic rings. The van der Waals surface area contributed by atoms with E-state index in [1.165, 1.54) is 5.56 Å². The molecule has 0 atom stereocenters. The Morgan fingerprint density at radius 2 is 2.09 bits per heavy atom. The van der Waals surface area contributed by atoms with E-state index < -0.39 is 0 Å². The highest BCUT2D eigenvalue weighted by Crippen LogP contribution is 2.22. The second-order valence-electron chi connectivity index (χ2n) is 5.21. The Kier molecular flexibility index (Phi) is 5.16. The van der Waals surface area contributed by atoms with E-state index in [2.05, 4.69) is 20.5 Å². The van der Waals surface area contributed by atoms with Crippen LogP contribution < -0.4 is 5.32 Å². The van der Waals surface area contributed by atoms with Gasteiger partial charge in [-0.3, -0.25) is 14.9 Å². The maximum Gasteiger partial charge on any atom is 0.271 e. The molecule has 3 rings (SSSR count). The monoisotopic (exact) mass is 326 g/mol. The lowest BCUT2D eigenvalue weighted by molar-refractivity contribution is 0.0948. The molecule has 0 aromatic carbocycles. The van der Waals surface area contributed by atoms with Crippen molar-refractivity contribution >= 4 is 17.2 Å². The lowest BCUT2D eigenvalue weighted by Crippen LogP contribution is -2.24. The third-order valence-corrected chi connectivity index (χ3v) is 4.43. The lowest BCUT2D eigenvalue weighted by atomic mass is 10.1. The Morgan fingerprint density at radius 1 is 1.22 bits per heavy atom. The summed E-state index contributed by atoms with van der Waals surface area (Å²) in [5.74, 6) is -0.132. The van der Waals surface area contributed by atoms with Crippen LogP contribution in [0.15, 0.2) is 48.1 Å². The number of nitrogens with one attached hydrogen (secondary N) is 2. The second kappa shape index (κ2) is 7.69. The van der Waals surface area contributed by atoms with Crippen LogP contribution in [0, 0.1) is 0 Å². The number of hydrogen-bond donors (Lipinski definition) is 2. The smallest absolute Gasteiger partial charge is 0.271 e. The number of carbonyl (C=O) groups excluding carboxylic acids is 1. The number of rotatable bonds is 7. The van der Waals surface area contributed by atoms with E-state index in [0.717, 1.165) is 29.8 Å². The van der Waals surface area contributed by atoms with Gasteiger partial charge in [-0.1, -0.05) is 6.07 Å². The molecule has 0 aliphatic carbocycles. The van der Waals surface area contributed by atoms with Gasteiger partial charge in [-0.05, 0) is 54.5 Å². The van der Waals surface area contributed by atoms with Gasteiger partial charge in [-0.2, -0.15) is 5.10 Å². The number of H-pyrrole nitrogens is 1. The molecular weight excluding hydrogens is 308 g/mol. The van der Waals surface area contributed by atoms with Crippen molar-refractivity contribution in [2.24, 2.45) is 0 Å². The topological polar surface area (TPSA) is 70.7 Å². The Labute approximate surface area is 138 Å². The number of pyridine rings is 1. The van der Waals surface area contributed by atoms with E-state index in [-0.39, 0.29) is 5.91 Å². The summed E-state index contributed by atoms with van der Waals surface area (Å²) in [5.41, 5.74) is 2.59. The quantitative estimate of drug-likeness (QED) is 0.655. The average Bonchev–Trinajstić information content (AvgIpc) is 3.26. The first-order valence-electron chi connectivity index (χ1n) is 7.59. The maximum atomic E-state index is 12.1. The second-order valence-corrected chi connectivity index (χ2v) is 6.16. The molecule has 0 unspecified atom stereocenters. The van der Waals surface area contributed by atoms with Crippen molar-refractivity contribution in [3.8, 4) is 10.6 Å². The van der Waals surface area contributed by atoms with Crippen LogP contribution in [0.5, 0.6) is 0 Å². The zero-order valence-corrected chi connectivity index (χ0v) is 13.5. The lowest BCUT2D eigenvalue weighted by Gasteiger charge is -2.03. The predicted octanol–water partition coefficient (Wildman–Crippen LogP) is 3.29. The molecular formula is C17H18N4OS. The molecule has 0 radical (unpaired) electrons. The zero-order chi connectivity index (χ0) is 15.9. The summed E-state index contributed by atoms with van der Waals surface area (Å²) in [6, 6.07) is 9.81. The van der Waals surface area contributed by atoms with Crippen molar-refractivity contribution < 1.29 is 4.79 Å². The van der Waals surface area contributed by atoms with Gasteiger partial charge in [-0.25, -0.2) is 0 Å². The molecule has 0 bridgehead atoms. The molecule has 0 saturated heterocycles. The minimum absolute atomic E-state index is 0.132. The minimum Gasteiger partial charge on any atom is -0.351 e. The highest BCUT2D eigenvalue weighted by Gasteiger charge is 2.11. The SMILES string of the molecule is O=C(NCCCCc1ccncc1)c1cc(-c2cccs2)[nH]n1. The molecule has 118 valence electrons. The van der Waals surface area contributed by atoms with Crippen LogP contribution in [-0.2, 0) is 6.42 Å². The maximum absolute atomic E-state index is 12.1. The molecule has 3 aromatic heterocycles. The van der Waals surface area contributed by atoms with Crippen molar-refractivity contribution in [3.05, 3.63) is 59.4 Å². The fraction of sp³-hybridized carbons (Fsp3) is 0.235. The summed E-state index contributed by atoms with van der Waals surface area (Å²) in [6.45, 7) is 0.658. The molecule has 0 saturated carbocycles. The normalized spacial score (nSPS) is 10.6.